The van der Waals surface area contributed by atoms with Gasteiger partial charge in [0.15, 0.2) is 0 Å². The Morgan fingerprint density at radius 2 is 1.85 bits per heavy atom. The summed E-state index contributed by atoms with van der Waals surface area (Å²) in [5.74, 6) is -4.65. The van der Waals surface area contributed by atoms with Crippen LogP contribution in [0.1, 0.15) is 21.5 Å². The van der Waals surface area contributed by atoms with E-state index < -0.39 is 24.9 Å². The maximum atomic E-state index is 12.7. The number of benzene rings is 1. The second-order valence-corrected chi connectivity index (χ2v) is 5.23. The molecule has 5 nitrogen and oxygen atoms in total. The van der Waals surface area contributed by atoms with Gasteiger partial charge in [-0.3, -0.25) is 9.78 Å². The van der Waals surface area contributed by atoms with Crippen LogP contribution in [-0.2, 0) is 11.3 Å². The molecule has 0 aliphatic carbocycles. The number of alkyl halides is 4. The van der Waals surface area contributed by atoms with Crippen LogP contribution in [-0.4, -0.2) is 36.1 Å². The molecular formula is C17H15F4N3O2. The number of nitrogens with one attached hydrogen (secondary N) is 1. The summed E-state index contributed by atoms with van der Waals surface area (Å²) in [5, 5.41) is 3.80. The lowest BCUT2D eigenvalue weighted by Gasteiger charge is -2.15. The van der Waals surface area contributed by atoms with Crippen molar-refractivity contribution in [2.24, 2.45) is 5.10 Å². The van der Waals surface area contributed by atoms with Crippen molar-refractivity contribution in [2.75, 3.05) is 6.61 Å². The van der Waals surface area contributed by atoms with E-state index in [1.54, 1.807) is 24.5 Å². The summed E-state index contributed by atoms with van der Waals surface area (Å²) < 4.78 is 54.0. The maximum absolute atomic E-state index is 12.7. The molecule has 2 aromatic rings. The Bertz CT molecular complexity index is 737. The lowest BCUT2D eigenvalue weighted by Crippen LogP contribution is -2.32. The third-order valence-electron chi connectivity index (χ3n) is 3.18. The molecule has 0 spiro atoms. The molecule has 0 saturated carbocycles. The monoisotopic (exact) mass is 369 g/mol. The van der Waals surface area contributed by atoms with E-state index in [2.05, 4.69) is 20.2 Å². The standard InChI is InChI=1S/C17H15F4N3O2/c18-16(19)17(20,21)11-26-10-13-1-3-14(4-2-13)15(25)24-23-9-12-5-7-22-8-6-12/h1-9,16H,10-11H2,(H,24,25). The predicted molar refractivity (Wildman–Crippen MR) is 86.3 cm³/mol. The van der Waals surface area contributed by atoms with Crippen molar-refractivity contribution in [3.63, 3.8) is 0 Å². The van der Waals surface area contributed by atoms with E-state index in [1.807, 2.05) is 0 Å². The fourth-order valence-electron chi connectivity index (χ4n) is 1.80. The van der Waals surface area contributed by atoms with Crippen molar-refractivity contribution in [3.8, 4) is 0 Å². The van der Waals surface area contributed by atoms with Crippen LogP contribution in [0.3, 0.4) is 0 Å². The number of rotatable bonds is 8. The average Bonchev–Trinajstić information content (AvgIpc) is 2.63. The number of hydrogen-bond donors (Lipinski definition) is 1. The molecule has 0 aliphatic rings. The van der Waals surface area contributed by atoms with Crippen molar-refractivity contribution in [3.05, 3.63) is 65.5 Å². The lowest BCUT2D eigenvalue weighted by atomic mass is 10.1. The molecular weight excluding hydrogens is 354 g/mol. The van der Waals surface area contributed by atoms with Crippen molar-refractivity contribution in [1.29, 1.82) is 0 Å². The molecule has 0 fully saturated rings. The second kappa shape index (κ2) is 9.04. The van der Waals surface area contributed by atoms with Gasteiger partial charge in [0, 0.05) is 18.0 Å². The van der Waals surface area contributed by atoms with Gasteiger partial charge in [-0.25, -0.2) is 14.2 Å². The minimum absolute atomic E-state index is 0.273. The molecule has 138 valence electrons. The van der Waals surface area contributed by atoms with E-state index in [4.69, 9.17) is 0 Å². The van der Waals surface area contributed by atoms with Gasteiger partial charge in [-0.05, 0) is 35.4 Å². The number of pyridine rings is 1. The van der Waals surface area contributed by atoms with Crippen LogP contribution in [0.15, 0.2) is 53.9 Å². The van der Waals surface area contributed by atoms with Gasteiger partial charge in [0.05, 0.1) is 12.8 Å². The van der Waals surface area contributed by atoms with Gasteiger partial charge in [-0.1, -0.05) is 12.1 Å². The zero-order valence-corrected chi connectivity index (χ0v) is 13.4. The van der Waals surface area contributed by atoms with E-state index in [9.17, 15) is 22.4 Å². The molecule has 1 N–H and O–H groups in total. The highest BCUT2D eigenvalue weighted by Gasteiger charge is 2.40. The van der Waals surface area contributed by atoms with Gasteiger partial charge in [0.25, 0.3) is 5.91 Å². The molecule has 0 unspecified atom stereocenters. The summed E-state index contributed by atoms with van der Waals surface area (Å²) in [6.45, 7) is -1.65. The fraction of sp³-hybridized carbons (Fsp3) is 0.235. The summed E-state index contributed by atoms with van der Waals surface area (Å²) in [5.41, 5.74) is 3.85. The highest BCUT2D eigenvalue weighted by Crippen LogP contribution is 2.23. The molecule has 1 aromatic heterocycles. The SMILES string of the molecule is O=C(NN=Cc1ccncc1)c1ccc(COCC(F)(F)C(F)F)cc1. The molecule has 2 rings (SSSR count). The molecule has 1 amide bonds. The number of carbonyl (C=O) groups excluding carboxylic acids is 1. The van der Waals surface area contributed by atoms with E-state index in [-0.39, 0.29) is 6.61 Å². The van der Waals surface area contributed by atoms with Crippen molar-refractivity contribution >= 4 is 12.1 Å². The molecule has 9 heteroatoms. The van der Waals surface area contributed by atoms with Gasteiger partial charge in [-0.2, -0.15) is 13.9 Å². The van der Waals surface area contributed by atoms with Crippen LogP contribution < -0.4 is 5.43 Å². The second-order valence-electron chi connectivity index (χ2n) is 5.23. The molecule has 1 heterocycles. The summed E-state index contributed by atoms with van der Waals surface area (Å²) in [7, 11) is 0. The van der Waals surface area contributed by atoms with E-state index >= 15 is 0 Å². The normalized spacial score (nSPS) is 11.9. The van der Waals surface area contributed by atoms with Gasteiger partial charge < -0.3 is 4.74 Å². The molecule has 26 heavy (non-hydrogen) atoms. The fourth-order valence-corrected chi connectivity index (χ4v) is 1.80. The van der Waals surface area contributed by atoms with Gasteiger partial charge >= 0.3 is 12.3 Å². The van der Waals surface area contributed by atoms with Crippen molar-refractivity contribution in [2.45, 2.75) is 19.0 Å². The number of hydrazone groups is 1. The average molecular weight is 369 g/mol. The molecule has 1 aromatic carbocycles. The highest BCUT2D eigenvalue weighted by molar-refractivity contribution is 5.94. The largest absolute Gasteiger partial charge is 0.370 e. The Morgan fingerprint density at radius 3 is 2.46 bits per heavy atom. The minimum atomic E-state index is -4.19. The molecule has 0 radical (unpaired) electrons. The third-order valence-corrected chi connectivity index (χ3v) is 3.18. The van der Waals surface area contributed by atoms with Crippen LogP contribution >= 0.6 is 0 Å². The first-order valence-electron chi connectivity index (χ1n) is 7.44. The number of hydrogen-bond acceptors (Lipinski definition) is 4. The van der Waals surface area contributed by atoms with Crippen LogP contribution in [0.4, 0.5) is 17.6 Å². The smallest absolute Gasteiger partial charge is 0.330 e. The zero-order chi connectivity index (χ0) is 19.0. The first-order valence-corrected chi connectivity index (χ1v) is 7.44. The number of halogens is 4. The predicted octanol–water partition coefficient (Wildman–Crippen LogP) is 3.26. The Balaban J connectivity index is 1.82. The quantitative estimate of drug-likeness (QED) is 0.441. The van der Waals surface area contributed by atoms with Gasteiger partial charge in [-0.15, -0.1) is 0 Å². The number of ether oxygens (including phenoxy) is 1. The summed E-state index contributed by atoms with van der Waals surface area (Å²) in [6.07, 6.45) is 0.842. The Kier molecular flexibility index (Phi) is 6.79. The van der Waals surface area contributed by atoms with Crippen molar-refractivity contribution < 1.29 is 27.1 Å². The summed E-state index contributed by atoms with van der Waals surface area (Å²) >= 11 is 0. The molecule has 0 aliphatic heterocycles. The molecule has 0 atom stereocenters. The third kappa shape index (κ3) is 5.92. The first kappa shape index (κ1) is 19.5. The van der Waals surface area contributed by atoms with Crippen LogP contribution in [0.25, 0.3) is 0 Å². The summed E-state index contributed by atoms with van der Waals surface area (Å²) in [6, 6.07) is 9.26. The van der Waals surface area contributed by atoms with E-state index in [0.29, 0.717) is 11.1 Å². The first-order chi connectivity index (χ1) is 12.4. The maximum Gasteiger partial charge on any atom is 0.330 e. The number of carbonyl (C=O) groups is 1. The zero-order valence-electron chi connectivity index (χ0n) is 13.4. The van der Waals surface area contributed by atoms with Crippen LogP contribution in [0.5, 0.6) is 0 Å². The van der Waals surface area contributed by atoms with Crippen LogP contribution in [0.2, 0.25) is 0 Å². The summed E-state index contributed by atoms with van der Waals surface area (Å²) in [4.78, 5) is 15.8. The number of amides is 1. The number of aromatic nitrogens is 1. The Hall–Kier alpha value is -2.81. The molecule has 0 bridgehead atoms. The highest BCUT2D eigenvalue weighted by atomic mass is 19.3. The molecule has 0 saturated heterocycles. The van der Waals surface area contributed by atoms with Gasteiger partial charge in [0.1, 0.15) is 6.61 Å². The van der Waals surface area contributed by atoms with Gasteiger partial charge in [0.2, 0.25) is 0 Å². The number of nitrogens with zero attached hydrogens (tertiary/aromatic N) is 2. The van der Waals surface area contributed by atoms with Crippen molar-refractivity contribution in [1.82, 2.24) is 10.4 Å². The van der Waals surface area contributed by atoms with E-state index in [0.717, 1.165) is 5.56 Å². The Morgan fingerprint density at radius 1 is 1.19 bits per heavy atom. The lowest BCUT2D eigenvalue weighted by molar-refractivity contribution is -0.168. The minimum Gasteiger partial charge on any atom is -0.370 e. The van der Waals surface area contributed by atoms with Crippen LogP contribution in [0, 0.1) is 0 Å². The topological polar surface area (TPSA) is 63.6 Å². The van der Waals surface area contributed by atoms with E-state index in [1.165, 1.54) is 30.5 Å². The Labute approximate surface area is 146 Å².